The van der Waals surface area contributed by atoms with E-state index in [0.717, 1.165) is 44.5 Å². The molecule has 0 aliphatic rings. The second-order valence-electron chi connectivity index (χ2n) is 14.3. The van der Waals surface area contributed by atoms with Crippen LogP contribution in [0.5, 0.6) is 23.0 Å². The zero-order valence-electron chi connectivity index (χ0n) is 36.6. The van der Waals surface area contributed by atoms with Crippen LogP contribution in [0.1, 0.15) is 72.2 Å². The van der Waals surface area contributed by atoms with Crippen molar-refractivity contribution < 1.29 is 38.1 Å². The second kappa shape index (κ2) is 23.5. The van der Waals surface area contributed by atoms with Gasteiger partial charge in [0.25, 0.3) is 0 Å². The van der Waals surface area contributed by atoms with Crippen molar-refractivity contribution in [3.8, 4) is 23.0 Å². The third-order valence-corrected chi connectivity index (χ3v) is 9.52. The Kier molecular flexibility index (Phi) is 17.1. The molecule has 0 aliphatic carbocycles. The van der Waals surface area contributed by atoms with Crippen molar-refractivity contribution in [1.29, 1.82) is 0 Å². The van der Waals surface area contributed by atoms with E-state index in [-0.39, 0.29) is 26.4 Å². The molecule has 342 valence electrons. The lowest BCUT2D eigenvalue weighted by atomic mass is 9.99. The van der Waals surface area contributed by atoms with E-state index < -0.39 is 24.1 Å². The van der Waals surface area contributed by atoms with Gasteiger partial charge in [-0.3, -0.25) is 0 Å². The minimum Gasteiger partial charge on any atom is -0.489 e. The van der Waals surface area contributed by atoms with Gasteiger partial charge < -0.3 is 41.9 Å². The van der Waals surface area contributed by atoms with Gasteiger partial charge in [0, 0.05) is 0 Å². The first-order valence-electron chi connectivity index (χ1n) is 20.1. The number of rotatable bonds is 20. The zero-order chi connectivity index (χ0) is 47.6. The van der Waals surface area contributed by atoms with Crippen LogP contribution >= 0.6 is 0 Å². The summed E-state index contributed by atoms with van der Waals surface area (Å²) in [7, 11) is 0. The molecule has 0 atom stereocenters. The Labute approximate surface area is 380 Å². The summed E-state index contributed by atoms with van der Waals surface area (Å²) in [5.74, 6) is 2.29. The molecule has 0 radical (unpaired) electrons. The molecule has 20 nitrogen and oxygen atoms in total. The standard InChI is InChI=1S/C46H50N12O8/c1-27(51-55-43(47)59)31-5-13-39(14-6-31)63-23-35-21-37(25-65-41-17-9-33(10-18-41)29(3)53-57-45(49)61)38(26-66-42-19-11-34(12-20-42)30(4)54-58-46(50)62)22-36(35)24-64-40-15-7-32(8-16-40)28(2)52-56-44(48)60/h5-22H,23-26H2,1-4H3,(H3,47,55,59)(H3,48,56,60)(H3,49,57,61)(H3,50,58,62)/b51-27+,52-28+,53-29+,54-30+. The van der Waals surface area contributed by atoms with Crippen molar-refractivity contribution in [3.63, 3.8) is 0 Å². The largest absolute Gasteiger partial charge is 0.489 e. The van der Waals surface area contributed by atoms with Gasteiger partial charge in [-0.05, 0) is 181 Å². The lowest BCUT2D eigenvalue weighted by molar-refractivity contribution is 0.248. The second-order valence-corrected chi connectivity index (χ2v) is 14.3. The van der Waals surface area contributed by atoms with E-state index in [0.29, 0.717) is 45.8 Å². The van der Waals surface area contributed by atoms with E-state index in [1.54, 1.807) is 76.2 Å². The van der Waals surface area contributed by atoms with Gasteiger partial charge in [0.05, 0.1) is 22.8 Å². The molecule has 66 heavy (non-hydrogen) atoms. The van der Waals surface area contributed by atoms with Gasteiger partial charge in [-0.25, -0.2) is 40.9 Å². The van der Waals surface area contributed by atoms with Crippen LogP contribution in [0, 0.1) is 0 Å². The SMILES string of the molecule is C/C(=N\NC(N)=O)c1ccc(OCc2cc(COc3ccc(/C(C)=N/NC(N)=O)cc3)c(COc3ccc(/C(C)=N/NC(N)=O)cc3)cc2COc2ccc(/C(C)=N/NC(N)=O)cc2)cc1. The van der Waals surface area contributed by atoms with Crippen LogP contribution < -0.4 is 63.6 Å². The minimum atomic E-state index is -0.769. The van der Waals surface area contributed by atoms with Crippen molar-refractivity contribution in [3.05, 3.63) is 154 Å². The monoisotopic (exact) mass is 898 g/mol. The number of hydrogen-bond acceptors (Lipinski definition) is 12. The molecule has 0 aromatic heterocycles. The van der Waals surface area contributed by atoms with Gasteiger partial charge in [0.2, 0.25) is 0 Å². The Hall–Kier alpha value is -8.94. The predicted molar refractivity (Wildman–Crippen MR) is 249 cm³/mol. The number of nitrogens with two attached hydrogens (primary N) is 4. The van der Waals surface area contributed by atoms with Crippen LogP contribution in [0.4, 0.5) is 19.2 Å². The highest BCUT2D eigenvalue weighted by molar-refractivity contribution is 6.01. The van der Waals surface area contributed by atoms with Crippen molar-refractivity contribution in [2.45, 2.75) is 54.1 Å². The number of hydrogen-bond donors (Lipinski definition) is 8. The maximum absolute atomic E-state index is 11.1. The number of nitrogens with one attached hydrogen (secondary N) is 4. The first-order chi connectivity index (χ1) is 31.6. The average Bonchev–Trinajstić information content (AvgIpc) is 3.31. The Morgan fingerprint density at radius 1 is 0.364 bits per heavy atom. The number of benzene rings is 5. The first kappa shape index (κ1) is 48.1. The quantitative estimate of drug-likeness (QED) is 0.0360. The molecule has 12 N–H and O–H groups in total. The summed E-state index contributed by atoms with van der Waals surface area (Å²) in [4.78, 5) is 44.6. The molecule has 5 aromatic carbocycles. The fourth-order valence-corrected chi connectivity index (χ4v) is 5.96. The number of hydrazone groups is 4. The van der Waals surface area contributed by atoms with Gasteiger partial charge in [0.15, 0.2) is 0 Å². The summed E-state index contributed by atoms with van der Waals surface area (Å²) in [6.45, 7) is 7.52. The third kappa shape index (κ3) is 15.1. The summed E-state index contributed by atoms with van der Waals surface area (Å²) < 4.78 is 25.3. The van der Waals surface area contributed by atoms with E-state index in [1.165, 1.54) is 0 Å². The normalized spacial score (nSPS) is 11.8. The minimum absolute atomic E-state index is 0.142. The summed E-state index contributed by atoms with van der Waals surface area (Å²) in [6, 6.07) is 29.7. The van der Waals surface area contributed by atoms with E-state index in [4.69, 9.17) is 41.9 Å². The van der Waals surface area contributed by atoms with Crippen LogP contribution in [0.25, 0.3) is 0 Å². The number of nitrogens with zero attached hydrogens (tertiary/aromatic N) is 4. The van der Waals surface area contributed by atoms with Crippen molar-refractivity contribution in [1.82, 2.24) is 21.7 Å². The highest BCUT2D eigenvalue weighted by Crippen LogP contribution is 2.26. The van der Waals surface area contributed by atoms with Crippen LogP contribution in [0.3, 0.4) is 0 Å². The summed E-state index contributed by atoms with van der Waals surface area (Å²) in [6.07, 6.45) is 0. The van der Waals surface area contributed by atoms with Crippen molar-refractivity contribution >= 4 is 47.0 Å². The van der Waals surface area contributed by atoms with E-state index in [2.05, 4.69) is 42.1 Å². The van der Waals surface area contributed by atoms with Gasteiger partial charge >= 0.3 is 24.1 Å². The maximum atomic E-state index is 11.1. The number of amides is 8. The molecule has 5 aromatic rings. The highest BCUT2D eigenvalue weighted by Gasteiger charge is 2.15. The molecule has 0 saturated heterocycles. The molecule has 20 heteroatoms. The number of ether oxygens (including phenoxy) is 4. The molecule has 0 bridgehead atoms. The van der Waals surface area contributed by atoms with Crippen LogP contribution in [-0.2, 0) is 26.4 Å². The predicted octanol–water partition coefficient (Wildman–Crippen LogP) is 5.57. The molecule has 5 rings (SSSR count). The van der Waals surface area contributed by atoms with Crippen molar-refractivity contribution in [2.24, 2.45) is 43.3 Å². The van der Waals surface area contributed by atoms with Gasteiger partial charge in [-0.15, -0.1) is 0 Å². The molecule has 0 unspecified atom stereocenters. The Bertz CT molecular complexity index is 2270. The number of carbonyl (C=O) groups excluding carboxylic acids is 4. The Morgan fingerprint density at radius 2 is 0.545 bits per heavy atom. The lowest BCUT2D eigenvalue weighted by Gasteiger charge is -2.19. The van der Waals surface area contributed by atoms with Crippen LogP contribution in [0.15, 0.2) is 130 Å². The molecular weight excluding hydrogens is 849 g/mol. The Balaban J connectivity index is 1.46. The smallest absolute Gasteiger partial charge is 0.332 e. The lowest BCUT2D eigenvalue weighted by Crippen LogP contribution is -2.25. The summed E-state index contributed by atoms with van der Waals surface area (Å²) >= 11 is 0. The molecular formula is C46H50N12O8. The molecule has 8 amide bonds. The Morgan fingerprint density at radius 3 is 0.712 bits per heavy atom. The first-order valence-corrected chi connectivity index (χ1v) is 20.1. The number of primary amides is 4. The third-order valence-electron chi connectivity index (χ3n) is 9.52. The molecule has 0 spiro atoms. The average molecular weight is 899 g/mol. The highest BCUT2D eigenvalue weighted by atomic mass is 16.5. The zero-order valence-corrected chi connectivity index (χ0v) is 36.6. The van der Waals surface area contributed by atoms with E-state index in [1.807, 2.05) is 60.7 Å². The summed E-state index contributed by atoms with van der Waals surface area (Å²) in [5.41, 5.74) is 38.0. The van der Waals surface area contributed by atoms with Gasteiger partial charge in [-0.2, -0.15) is 20.4 Å². The van der Waals surface area contributed by atoms with E-state index in [9.17, 15) is 19.2 Å². The molecule has 0 saturated carbocycles. The van der Waals surface area contributed by atoms with Gasteiger partial charge in [-0.1, -0.05) is 0 Å². The maximum Gasteiger partial charge on any atom is 0.332 e. The van der Waals surface area contributed by atoms with E-state index >= 15 is 0 Å². The van der Waals surface area contributed by atoms with Crippen LogP contribution in [0.2, 0.25) is 0 Å². The van der Waals surface area contributed by atoms with Crippen LogP contribution in [-0.4, -0.2) is 47.0 Å². The fraction of sp³-hybridized carbons (Fsp3) is 0.174. The number of urea groups is 4. The van der Waals surface area contributed by atoms with Crippen molar-refractivity contribution in [2.75, 3.05) is 0 Å². The molecule has 0 fully saturated rings. The number of carbonyl (C=O) groups is 4. The molecule has 0 heterocycles. The van der Waals surface area contributed by atoms with Gasteiger partial charge in [0.1, 0.15) is 49.4 Å². The topological polar surface area (TPSA) is 307 Å². The fourth-order valence-electron chi connectivity index (χ4n) is 5.96. The summed E-state index contributed by atoms with van der Waals surface area (Å²) in [5, 5.41) is 15.9. The molecule has 0 aliphatic heterocycles.